The molecule has 4 nitrogen and oxygen atoms in total. The largest absolute Gasteiger partial charge is 0.361 e. The molecule has 0 aliphatic heterocycles. The Kier molecular flexibility index (Phi) is 5.78. The minimum absolute atomic E-state index is 0.0447. The summed E-state index contributed by atoms with van der Waals surface area (Å²) in [7, 11) is 0. The third-order valence-electron chi connectivity index (χ3n) is 2.06. The Balaban J connectivity index is 1.95. The summed E-state index contributed by atoms with van der Waals surface area (Å²) in [6, 6.07) is 0. The molecule has 1 amide bonds. The van der Waals surface area contributed by atoms with Gasteiger partial charge in [-0.25, -0.2) is 0 Å². The first kappa shape index (κ1) is 12.6. The van der Waals surface area contributed by atoms with E-state index in [0.717, 1.165) is 31.6 Å². The number of hydrogen-bond donors (Lipinski definition) is 3. The lowest BCUT2D eigenvalue weighted by molar-refractivity contribution is -0.122. The third-order valence-corrected chi connectivity index (χ3v) is 3.00. The number of carbonyl (C=O) groups is 1. The van der Waals surface area contributed by atoms with Gasteiger partial charge in [0, 0.05) is 12.5 Å². The van der Waals surface area contributed by atoms with E-state index in [1.165, 1.54) is 0 Å². The van der Waals surface area contributed by atoms with Crippen molar-refractivity contribution in [3.8, 4) is 0 Å². The van der Waals surface area contributed by atoms with E-state index in [1.54, 1.807) is 0 Å². The second kappa shape index (κ2) is 6.90. The molecule has 0 aromatic carbocycles. The quantitative estimate of drug-likeness (QED) is 0.378. The van der Waals surface area contributed by atoms with Gasteiger partial charge in [-0.3, -0.25) is 15.6 Å². The van der Waals surface area contributed by atoms with Crippen molar-refractivity contribution in [1.29, 1.82) is 0 Å². The van der Waals surface area contributed by atoms with E-state index in [2.05, 4.69) is 22.4 Å². The molecule has 0 spiro atoms. The van der Waals surface area contributed by atoms with Crippen molar-refractivity contribution >= 4 is 35.0 Å². The van der Waals surface area contributed by atoms with Crippen LogP contribution in [0.15, 0.2) is 0 Å². The van der Waals surface area contributed by atoms with Crippen LogP contribution in [0.25, 0.3) is 0 Å². The molecule has 6 heteroatoms. The summed E-state index contributed by atoms with van der Waals surface area (Å²) in [4.78, 5) is 11.2. The van der Waals surface area contributed by atoms with Crippen LogP contribution in [0.2, 0.25) is 0 Å². The van der Waals surface area contributed by atoms with E-state index in [4.69, 9.17) is 12.2 Å². The number of thioether (sulfide) groups is 1. The summed E-state index contributed by atoms with van der Waals surface area (Å²) in [6.07, 6.45) is 5.15. The number of carbonyl (C=O) groups excluding carboxylic acids is 1. The van der Waals surface area contributed by atoms with E-state index in [-0.39, 0.29) is 11.8 Å². The molecule has 0 atom stereocenters. The number of thiocarbonyl (C=S) groups is 1. The number of amides is 1. The van der Waals surface area contributed by atoms with Gasteiger partial charge in [-0.1, -0.05) is 0 Å². The predicted molar refractivity (Wildman–Crippen MR) is 67.6 cm³/mol. The van der Waals surface area contributed by atoms with E-state index >= 15 is 0 Å². The molecule has 0 heterocycles. The minimum atomic E-state index is 0.0447. The van der Waals surface area contributed by atoms with Crippen LogP contribution in [0.4, 0.5) is 0 Å². The monoisotopic (exact) mass is 247 g/mol. The summed E-state index contributed by atoms with van der Waals surface area (Å²) < 4.78 is 0. The smallest absolute Gasteiger partial charge is 0.241 e. The van der Waals surface area contributed by atoms with Gasteiger partial charge < -0.3 is 5.32 Å². The molecule has 1 aliphatic carbocycles. The van der Waals surface area contributed by atoms with Crippen LogP contribution in [-0.4, -0.2) is 29.6 Å². The average Bonchev–Trinajstić information content (AvgIpc) is 3.04. The fourth-order valence-electron chi connectivity index (χ4n) is 1.03. The molecule has 0 saturated heterocycles. The van der Waals surface area contributed by atoms with Crippen LogP contribution in [0.1, 0.15) is 19.3 Å². The van der Waals surface area contributed by atoms with E-state index in [0.29, 0.717) is 5.11 Å². The molecule has 1 saturated carbocycles. The summed E-state index contributed by atoms with van der Waals surface area (Å²) in [5.41, 5.74) is 5.28. The second-order valence-corrected chi connectivity index (χ2v) is 4.88. The fourth-order valence-corrected chi connectivity index (χ4v) is 1.61. The van der Waals surface area contributed by atoms with Gasteiger partial charge in [0.15, 0.2) is 5.11 Å². The van der Waals surface area contributed by atoms with Crippen molar-refractivity contribution in [1.82, 2.24) is 16.2 Å². The molecular weight excluding hydrogens is 230 g/mol. The van der Waals surface area contributed by atoms with Crippen LogP contribution in [0, 0.1) is 5.92 Å². The number of hydrazine groups is 1. The number of hydrogen-bond acceptors (Lipinski definition) is 3. The SMILES string of the molecule is CSCCCNC(=S)NNC(=O)C1CC1. The lowest BCUT2D eigenvalue weighted by Crippen LogP contribution is -2.47. The molecule has 1 aliphatic rings. The molecule has 0 unspecified atom stereocenters. The highest BCUT2D eigenvalue weighted by molar-refractivity contribution is 7.98. The Bertz CT molecular complexity index is 231. The average molecular weight is 247 g/mol. The summed E-state index contributed by atoms with van der Waals surface area (Å²) >= 11 is 6.80. The molecule has 3 N–H and O–H groups in total. The molecule has 0 radical (unpaired) electrons. The van der Waals surface area contributed by atoms with E-state index in [9.17, 15) is 4.79 Å². The van der Waals surface area contributed by atoms with Gasteiger partial charge >= 0.3 is 0 Å². The second-order valence-electron chi connectivity index (χ2n) is 3.49. The first-order valence-corrected chi connectivity index (χ1v) is 6.87. The summed E-state index contributed by atoms with van der Waals surface area (Å²) in [6.45, 7) is 0.839. The lowest BCUT2D eigenvalue weighted by Gasteiger charge is -2.10. The van der Waals surface area contributed by atoms with E-state index < -0.39 is 0 Å². The van der Waals surface area contributed by atoms with Gasteiger partial charge in [-0.15, -0.1) is 0 Å². The summed E-state index contributed by atoms with van der Waals surface area (Å²) in [5.74, 6) is 1.37. The van der Waals surface area contributed by atoms with Gasteiger partial charge in [-0.05, 0) is 43.5 Å². The Hall–Kier alpha value is -0.490. The van der Waals surface area contributed by atoms with Crippen molar-refractivity contribution < 1.29 is 4.79 Å². The van der Waals surface area contributed by atoms with Crippen molar-refractivity contribution in [3.05, 3.63) is 0 Å². The van der Waals surface area contributed by atoms with Crippen molar-refractivity contribution in [3.63, 3.8) is 0 Å². The minimum Gasteiger partial charge on any atom is -0.361 e. The normalized spacial score (nSPS) is 14.5. The van der Waals surface area contributed by atoms with Crippen molar-refractivity contribution in [2.45, 2.75) is 19.3 Å². The van der Waals surface area contributed by atoms with Crippen LogP contribution in [0.3, 0.4) is 0 Å². The Morgan fingerprint density at radius 1 is 1.47 bits per heavy atom. The van der Waals surface area contributed by atoms with Crippen molar-refractivity contribution in [2.24, 2.45) is 5.92 Å². The number of nitrogens with one attached hydrogen (secondary N) is 3. The molecule has 0 aromatic heterocycles. The molecular formula is C9H17N3OS2. The fraction of sp³-hybridized carbons (Fsp3) is 0.778. The van der Waals surface area contributed by atoms with Gasteiger partial charge in [0.2, 0.25) is 5.91 Å². The lowest BCUT2D eigenvalue weighted by atomic mass is 10.4. The van der Waals surface area contributed by atoms with Gasteiger partial charge in [0.25, 0.3) is 0 Å². The zero-order chi connectivity index (χ0) is 11.1. The predicted octanol–water partition coefficient (Wildman–Crippen LogP) is 0.645. The molecule has 15 heavy (non-hydrogen) atoms. The Morgan fingerprint density at radius 2 is 2.20 bits per heavy atom. The maximum Gasteiger partial charge on any atom is 0.241 e. The topological polar surface area (TPSA) is 53.2 Å². The molecule has 0 bridgehead atoms. The Morgan fingerprint density at radius 3 is 2.80 bits per heavy atom. The molecule has 0 aromatic rings. The third kappa shape index (κ3) is 5.84. The molecule has 86 valence electrons. The van der Waals surface area contributed by atoms with E-state index in [1.807, 2.05) is 11.8 Å². The zero-order valence-corrected chi connectivity index (χ0v) is 10.5. The standard InChI is InChI=1S/C9H17N3OS2/c1-15-6-2-5-10-9(14)12-11-8(13)7-3-4-7/h7H,2-6H2,1H3,(H,11,13)(H2,10,12,14). The van der Waals surface area contributed by atoms with Gasteiger partial charge in [0.1, 0.15) is 0 Å². The highest BCUT2D eigenvalue weighted by Gasteiger charge is 2.29. The number of rotatable bonds is 5. The highest BCUT2D eigenvalue weighted by atomic mass is 32.2. The summed E-state index contributed by atoms with van der Waals surface area (Å²) in [5, 5.41) is 3.52. The maximum atomic E-state index is 11.2. The Labute approximate surface area is 99.9 Å². The van der Waals surface area contributed by atoms with Crippen LogP contribution in [-0.2, 0) is 4.79 Å². The molecule has 1 fully saturated rings. The first-order chi connectivity index (χ1) is 7.24. The zero-order valence-electron chi connectivity index (χ0n) is 8.84. The first-order valence-electron chi connectivity index (χ1n) is 5.06. The van der Waals surface area contributed by atoms with Crippen molar-refractivity contribution in [2.75, 3.05) is 18.6 Å². The highest BCUT2D eigenvalue weighted by Crippen LogP contribution is 2.28. The molecule has 1 rings (SSSR count). The maximum absolute atomic E-state index is 11.2. The van der Waals surface area contributed by atoms with Gasteiger partial charge in [-0.2, -0.15) is 11.8 Å². The van der Waals surface area contributed by atoms with Crippen LogP contribution < -0.4 is 16.2 Å². The van der Waals surface area contributed by atoms with Crippen LogP contribution >= 0.6 is 24.0 Å². The van der Waals surface area contributed by atoms with Gasteiger partial charge in [0.05, 0.1) is 0 Å². The van der Waals surface area contributed by atoms with Crippen LogP contribution in [0.5, 0.6) is 0 Å².